The molecule has 2 aliphatic rings. The van der Waals surface area contributed by atoms with Crippen molar-refractivity contribution in [3.63, 3.8) is 0 Å². The van der Waals surface area contributed by atoms with Crippen LogP contribution in [0.4, 0.5) is 0 Å². The average Bonchev–Trinajstić information content (AvgIpc) is 2.73. The Bertz CT molecular complexity index is 829. The zero-order valence-electron chi connectivity index (χ0n) is 16.5. The SMILES string of the molecule is C=CCN(CC=C)C(=O)C1CCN(S(=O)(=O)c2ccc3c(c2)CCCC3)CC1. The van der Waals surface area contributed by atoms with Crippen molar-refractivity contribution in [2.75, 3.05) is 26.2 Å². The predicted octanol–water partition coefficient (Wildman–Crippen LogP) is 3.17. The molecule has 28 heavy (non-hydrogen) atoms. The Morgan fingerprint density at radius 1 is 1.07 bits per heavy atom. The highest BCUT2D eigenvalue weighted by Gasteiger charge is 2.33. The van der Waals surface area contributed by atoms with Crippen molar-refractivity contribution in [3.8, 4) is 0 Å². The first-order chi connectivity index (χ1) is 13.5. The number of carbonyl (C=O) groups excluding carboxylic acids is 1. The van der Waals surface area contributed by atoms with Crippen LogP contribution in [0.25, 0.3) is 0 Å². The van der Waals surface area contributed by atoms with Gasteiger partial charge < -0.3 is 4.90 Å². The number of fused-ring (bicyclic) bond motifs is 1. The molecule has 0 aromatic heterocycles. The summed E-state index contributed by atoms with van der Waals surface area (Å²) >= 11 is 0. The highest BCUT2D eigenvalue weighted by atomic mass is 32.2. The number of benzene rings is 1. The van der Waals surface area contributed by atoms with E-state index in [4.69, 9.17) is 0 Å². The van der Waals surface area contributed by atoms with Crippen molar-refractivity contribution in [2.45, 2.75) is 43.4 Å². The molecule has 152 valence electrons. The third kappa shape index (κ3) is 4.39. The number of piperidine rings is 1. The van der Waals surface area contributed by atoms with Gasteiger partial charge in [-0.1, -0.05) is 18.2 Å². The summed E-state index contributed by atoms with van der Waals surface area (Å²) in [5.74, 6) is -0.0829. The van der Waals surface area contributed by atoms with Crippen LogP contribution in [0.3, 0.4) is 0 Å². The van der Waals surface area contributed by atoms with Gasteiger partial charge in [0.25, 0.3) is 0 Å². The molecule has 1 heterocycles. The van der Waals surface area contributed by atoms with E-state index in [-0.39, 0.29) is 11.8 Å². The third-order valence-electron chi connectivity index (χ3n) is 5.77. The minimum atomic E-state index is -3.51. The molecular weight excluding hydrogens is 372 g/mol. The molecule has 1 saturated heterocycles. The standard InChI is InChI=1S/C22H30N2O3S/c1-3-13-23(14-4-2)22(25)19-11-15-24(16-12-19)28(26,27)21-10-9-18-7-5-6-8-20(18)17-21/h3-4,9-10,17,19H,1-2,5-8,11-16H2. The van der Waals surface area contributed by atoms with Crippen LogP contribution in [0.2, 0.25) is 0 Å². The van der Waals surface area contributed by atoms with Crippen LogP contribution >= 0.6 is 0 Å². The van der Waals surface area contributed by atoms with Gasteiger partial charge in [-0.2, -0.15) is 4.31 Å². The summed E-state index contributed by atoms with van der Waals surface area (Å²) in [5.41, 5.74) is 2.45. The maximum Gasteiger partial charge on any atom is 0.243 e. The predicted molar refractivity (Wildman–Crippen MR) is 112 cm³/mol. The largest absolute Gasteiger partial charge is 0.335 e. The van der Waals surface area contributed by atoms with Crippen molar-refractivity contribution in [3.05, 3.63) is 54.6 Å². The molecule has 1 aromatic carbocycles. The Morgan fingerprint density at radius 2 is 1.68 bits per heavy atom. The van der Waals surface area contributed by atoms with Crippen molar-refractivity contribution >= 4 is 15.9 Å². The highest BCUT2D eigenvalue weighted by molar-refractivity contribution is 7.89. The van der Waals surface area contributed by atoms with E-state index in [1.807, 2.05) is 12.1 Å². The molecule has 1 aliphatic heterocycles. The molecular formula is C22H30N2O3S. The third-order valence-corrected chi connectivity index (χ3v) is 7.67. The maximum absolute atomic E-state index is 13.1. The topological polar surface area (TPSA) is 57.7 Å². The Balaban J connectivity index is 1.67. The normalized spacial score (nSPS) is 18.3. The van der Waals surface area contributed by atoms with Gasteiger partial charge in [0.15, 0.2) is 0 Å². The van der Waals surface area contributed by atoms with E-state index in [1.54, 1.807) is 23.1 Å². The summed E-state index contributed by atoms with van der Waals surface area (Å²) in [6.07, 6.45) is 8.80. The van der Waals surface area contributed by atoms with Crippen LogP contribution < -0.4 is 0 Å². The van der Waals surface area contributed by atoms with E-state index in [1.165, 1.54) is 21.9 Å². The quantitative estimate of drug-likeness (QED) is 0.658. The summed E-state index contributed by atoms with van der Waals surface area (Å²) < 4.78 is 27.7. The second-order valence-corrected chi connectivity index (χ2v) is 9.57. The van der Waals surface area contributed by atoms with Gasteiger partial charge in [-0.25, -0.2) is 8.42 Å². The van der Waals surface area contributed by atoms with E-state index in [9.17, 15) is 13.2 Å². The molecule has 0 unspecified atom stereocenters. The molecule has 0 bridgehead atoms. The van der Waals surface area contributed by atoms with Crippen molar-refractivity contribution in [2.24, 2.45) is 5.92 Å². The molecule has 3 rings (SSSR count). The summed E-state index contributed by atoms with van der Waals surface area (Å²) in [4.78, 5) is 14.8. The van der Waals surface area contributed by atoms with Gasteiger partial charge in [0.1, 0.15) is 0 Å². The van der Waals surface area contributed by atoms with Gasteiger partial charge in [-0.15, -0.1) is 13.2 Å². The van der Waals surface area contributed by atoms with Crippen LogP contribution in [0.1, 0.15) is 36.8 Å². The average molecular weight is 403 g/mol. The molecule has 0 saturated carbocycles. The number of aryl methyl sites for hydroxylation is 2. The molecule has 0 spiro atoms. The van der Waals surface area contributed by atoms with Gasteiger partial charge in [0, 0.05) is 32.1 Å². The molecule has 6 heteroatoms. The number of hydrogen-bond donors (Lipinski definition) is 0. The van der Waals surface area contributed by atoms with Crippen molar-refractivity contribution < 1.29 is 13.2 Å². The minimum absolute atomic E-state index is 0.0608. The second-order valence-electron chi connectivity index (χ2n) is 7.64. The van der Waals surface area contributed by atoms with Crippen LogP contribution in [-0.2, 0) is 27.7 Å². The first kappa shape index (κ1) is 20.8. The second kappa shape index (κ2) is 9.05. The minimum Gasteiger partial charge on any atom is -0.335 e. The first-order valence-electron chi connectivity index (χ1n) is 10.1. The lowest BCUT2D eigenvalue weighted by Gasteiger charge is -2.33. The highest BCUT2D eigenvalue weighted by Crippen LogP contribution is 2.28. The number of nitrogens with zero attached hydrogens (tertiary/aromatic N) is 2. The van der Waals surface area contributed by atoms with Crippen molar-refractivity contribution in [1.82, 2.24) is 9.21 Å². The first-order valence-corrected chi connectivity index (χ1v) is 11.5. The summed E-state index contributed by atoms with van der Waals surface area (Å²) in [6.45, 7) is 9.14. The monoisotopic (exact) mass is 402 g/mol. The molecule has 0 atom stereocenters. The maximum atomic E-state index is 13.1. The van der Waals surface area contributed by atoms with Gasteiger partial charge in [0.2, 0.25) is 15.9 Å². The molecule has 5 nitrogen and oxygen atoms in total. The lowest BCUT2D eigenvalue weighted by molar-refractivity contribution is -0.135. The lowest BCUT2D eigenvalue weighted by atomic mass is 9.92. The number of hydrogen-bond acceptors (Lipinski definition) is 3. The van der Waals surface area contributed by atoms with E-state index < -0.39 is 10.0 Å². The number of sulfonamides is 1. The Morgan fingerprint density at radius 3 is 2.29 bits per heavy atom. The fourth-order valence-corrected chi connectivity index (χ4v) is 5.71. The Hall–Kier alpha value is -1.92. The fourth-order valence-electron chi connectivity index (χ4n) is 4.19. The van der Waals surface area contributed by atoms with Crippen LogP contribution in [0.15, 0.2) is 48.4 Å². The molecule has 0 radical (unpaired) electrons. The smallest absolute Gasteiger partial charge is 0.243 e. The van der Waals surface area contributed by atoms with Crippen LogP contribution in [-0.4, -0.2) is 49.7 Å². The summed E-state index contributed by atoms with van der Waals surface area (Å²) in [5, 5.41) is 0. The van der Waals surface area contributed by atoms with Gasteiger partial charge in [-0.3, -0.25) is 4.79 Å². The molecule has 0 N–H and O–H groups in total. The van der Waals surface area contributed by atoms with E-state index in [0.717, 1.165) is 19.3 Å². The summed E-state index contributed by atoms with van der Waals surface area (Å²) in [7, 11) is -3.51. The molecule has 1 amide bonds. The van der Waals surface area contributed by atoms with Gasteiger partial charge in [0.05, 0.1) is 4.90 Å². The van der Waals surface area contributed by atoms with Gasteiger partial charge >= 0.3 is 0 Å². The number of amides is 1. The van der Waals surface area contributed by atoms with Crippen LogP contribution in [0, 0.1) is 5.92 Å². The number of rotatable bonds is 7. The lowest BCUT2D eigenvalue weighted by Crippen LogP contribution is -2.44. The summed E-state index contributed by atoms with van der Waals surface area (Å²) in [6, 6.07) is 5.57. The Kier molecular flexibility index (Phi) is 6.73. The fraction of sp³-hybridized carbons (Fsp3) is 0.500. The zero-order chi connectivity index (χ0) is 20.1. The van der Waals surface area contributed by atoms with Crippen LogP contribution in [0.5, 0.6) is 0 Å². The zero-order valence-corrected chi connectivity index (χ0v) is 17.3. The molecule has 1 aromatic rings. The molecule has 1 fully saturated rings. The number of carbonyl (C=O) groups is 1. The van der Waals surface area contributed by atoms with Gasteiger partial charge in [-0.05, 0) is 61.8 Å². The molecule has 1 aliphatic carbocycles. The van der Waals surface area contributed by atoms with Crippen molar-refractivity contribution in [1.29, 1.82) is 0 Å². The van der Waals surface area contributed by atoms with E-state index in [2.05, 4.69) is 13.2 Å². The van der Waals surface area contributed by atoms with E-state index >= 15 is 0 Å². The van der Waals surface area contributed by atoms with E-state index in [0.29, 0.717) is 43.9 Å². The Labute approximate surface area is 168 Å².